The van der Waals surface area contributed by atoms with Crippen LogP contribution in [-0.4, -0.2) is 42.1 Å². The molecule has 0 heterocycles. The number of aldehydes is 1. The van der Waals surface area contributed by atoms with Gasteiger partial charge in [0.1, 0.15) is 18.4 Å². The van der Waals surface area contributed by atoms with Gasteiger partial charge < -0.3 is 20.7 Å². The van der Waals surface area contributed by atoms with E-state index in [0.29, 0.717) is 12.7 Å². The van der Waals surface area contributed by atoms with Crippen LogP contribution >= 0.6 is 0 Å². The highest BCUT2D eigenvalue weighted by molar-refractivity contribution is 5.98. The van der Waals surface area contributed by atoms with Gasteiger partial charge in [0.15, 0.2) is 0 Å². The second kappa shape index (κ2) is 14.9. The molecule has 0 bridgehead atoms. The van der Waals surface area contributed by atoms with E-state index in [1.54, 1.807) is 30.3 Å². The Kier molecular flexibility index (Phi) is 12.0. The monoisotopic (exact) mass is 533 g/mol. The lowest BCUT2D eigenvalue weighted by molar-refractivity contribution is -0.137. The summed E-state index contributed by atoms with van der Waals surface area (Å²) < 4.78 is 38.6. The number of carbonyl (C=O) groups is 4. The molecule has 0 aliphatic rings. The first-order chi connectivity index (χ1) is 18.0. The van der Waals surface area contributed by atoms with Gasteiger partial charge >= 0.3 is 6.18 Å². The molecule has 0 aromatic heterocycles. The van der Waals surface area contributed by atoms with Crippen LogP contribution in [0.25, 0.3) is 0 Å². The molecule has 1 unspecified atom stereocenters. The van der Waals surface area contributed by atoms with E-state index >= 15 is 0 Å². The molecule has 2 aromatic rings. The van der Waals surface area contributed by atoms with Crippen LogP contribution in [0.15, 0.2) is 54.6 Å². The van der Waals surface area contributed by atoms with E-state index in [-0.39, 0.29) is 12.0 Å². The molecular formula is C28H34F3N3O4. The summed E-state index contributed by atoms with van der Waals surface area (Å²) in [4.78, 5) is 49.9. The van der Waals surface area contributed by atoms with Gasteiger partial charge in [0, 0.05) is 12.0 Å². The predicted molar refractivity (Wildman–Crippen MR) is 137 cm³/mol. The van der Waals surface area contributed by atoms with Crippen molar-refractivity contribution in [3.63, 3.8) is 0 Å². The first kappa shape index (κ1) is 30.5. The fourth-order valence-electron chi connectivity index (χ4n) is 3.76. The Bertz CT molecular complexity index is 1060. The first-order valence-corrected chi connectivity index (χ1v) is 12.6. The van der Waals surface area contributed by atoms with Crippen LogP contribution in [0.5, 0.6) is 0 Å². The second-order valence-corrected chi connectivity index (χ2v) is 9.12. The highest BCUT2D eigenvalue weighted by Crippen LogP contribution is 2.29. The summed E-state index contributed by atoms with van der Waals surface area (Å²) in [5, 5.41) is 7.74. The third kappa shape index (κ3) is 9.99. The van der Waals surface area contributed by atoms with Crippen LogP contribution in [-0.2, 0) is 27.0 Å². The molecule has 0 fully saturated rings. The summed E-state index contributed by atoms with van der Waals surface area (Å²) in [7, 11) is 0. The highest BCUT2D eigenvalue weighted by Gasteiger charge is 2.31. The summed E-state index contributed by atoms with van der Waals surface area (Å²) in [6.45, 7) is 3.53. The van der Waals surface area contributed by atoms with Gasteiger partial charge in [0.2, 0.25) is 11.8 Å². The molecule has 0 spiro atoms. The van der Waals surface area contributed by atoms with Crippen molar-refractivity contribution in [3.05, 3.63) is 71.3 Å². The Morgan fingerprint density at radius 1 is 0.868 bits per heavy atom. The van der Waals surface area contributed by atoms with Crippen LogP contribution in [0.1, 0.15) is 67.4 Å². The minimum absolute atomic E-state index is 0.0495. The van der Waals surface area contributed by atoms with Crippen molar-refractivity contribution in [2.75, 3.05) is 0 Å². The van der Waals surface area contributed by atoms with E-state index in [0.717, 1.165) is 55.5 Å². The third-order valence-electron chi connectivity index (χ3n) is 5.99. The van der Waals surface area contributed by atoms with Crippen LogP contribution in [0, 0.1) is 0 Å². The van der Waals surface area contributed by atoms with E-state index in [2.05, 4.69) is 22.9 Å². The summed E-state index contributed by atoms with van der Waals surface area (Å²) in [5.74, 6) is -1.93. The summed E-state index contributed by atoms with van der Waals surface area (Å²) in [6.07, 6.45) is 0.516. The molecule has 0 saturated carbocycles. The number of alkyl halides is 3. The van der Waals surface area contributed by atoms with E-state index in [9.17, 15) is 32.3 Å². The molecule has 0 radical (unpaired) electrons. The third-order valence-corrected chi connectivity index (χ3v) is 5.99. The summed E-state index contributed by atoms with van der Waals surface area (Å²) >= 11 is 0. The Hall–Kier alpha value is -3.69. The molecule has 3 amide bonds. The maximum Gasteiger partial charge on any atom is 0.416 e. The van der Waals surface area contributed by atoms with Crippen molar-refractivity contribution in [1.82, 2.24) is 16.0 Å². The maximum atomic E-state index is 13.1. The molecule has 2 rings (SSSR count). The lowest BCUT2D eigenvalue weighted by atomic mass is 10.0. The molecule has 0 aliphatic heterocycles. The number of halogens is 3. The average molecular weight is 534 g/mol. The van der Waals surface area contributed by atoms with Crippen molar-refractivity contribution in [1.29, 1.82) is 0 Å². The van der Waals surface area contributed by atoms with Crippen LogP contribution < -0.4 is 16.0 Å². The number of carbonyl (C=O) groups excluding carboxylic acids is 4. The topological polar surface area (TPSA) is 104 Å². The second-order valence-electron chi connectivity index (χ2n) is 9.12. The van der Waals surface area contributed by atoms with Gasteiger partial charge in [-0.3, -0.25) is 14.4 Å². The summed E-state index contributed by atoms with van der Waals surface area (Å²) in [6, 6.07) is 9.70. The zero-order valence-electron chi connectivity index (χ0n) is 21.5. The normalized spacial score (nSPS) is 13.6. The van der Waals surface area contributed by atoms with Gasteiger partial charge in [0.25, 0.3) is 5.91 Å². The van der Waals surface area contributed by atoms with Crippen molar-refractivity contribution in [2.24, 2.45) is 0 Å². The molecule has 2 aromatic carbocycles. The van der Waals surface area contributed by atoms with Crippen molar-refractivity contribution in [3.8, 4) is 0 Å². The van der Waals surface area contributed by atoms with E-state index in [1.165, 1.54) is 6.92 Å². The predicted octanol–water partition coefficient (Wildman–Crippen LogP) is 4.21. The molecule has 0 aliphatic carbocycles. The molecule has 10 heteroatoms. The van der Waals surface area contributed by atoms with E-state index in [1.807, 2.05) is 0 Å². The smallest absolute Gasteiger partial charge is 0.345 e. The fraction of sp³-hybridized carbons (Fsp3) is 0.429. The lowest BCUT2D eigenvalue weighted by Gasteiger charge is -2.22. The number of hydrogen-bond donors (Lipinski definition) is 3. The van der Waals surface area contributed by atoms with E-state index in [4.69, 9.17) is 0 Å². The van der Waals surface area contributed by atoms with Gasteiger partial charge in [-0.15, -0.1) is 0 Å². The van der Waals surface area contributed by atoms with Crippen molar-refractivity contribution >= 4 is 24.0 Å². The number of rotatable bonds is 14. The fourth-order valence-corrected chi connectivity index (χ4v) is 3.76. The average Bonchev–Trinajstić information content (AvgIpc) is 2.89. The molecule has 3 atom stereocenters. The zero-order chi connectivity index (χ0) is 28.1. The van der Waals surface area contributed by atoms with Gasteiger partial charge in [-0.2, -0.15) is 13.2 Å². The van der Waals surface area contributed by atoms with Gasteiger partial charge in [0.05, 0.1) is 11.6 Å². The Morgan fingerprint density at radius 2 is 1.53 bits per heavy atom. The minimum Gasteiger partial charge on any atom is -0.345 e. The van der Waals surface area contributed by atoms with Gasteiger partial charge in [-0.05, 0) is 43.2 Å². The quantitative estimate of drug-likeness (QED) is 0.250. The van der Waals surface area contributed by atoms with E-state index < -0.39 is 47.6 Å². The minimum atomic E-state index is -4.54. The zero-order valence-corrected chi connectivity index (χ0v) is 21.5. The maximum absolute atomic E-state index is 13.1. The van der Waals surface area contributed by atoms with Crippen LogP contribution in [0.3, 0.4) is 0 Å². The summed E-state index contributed by atoms with van der Waals surface area (Å²) in [5.41, 5.74) is -0.219. The Balaban J connectivity index is 2.07. The lowest BCUT2D eigenvalue weighted by Crippen LogP contribution is -2.54. The molecule has 206 valence electrons. The standard InChI is InChI=1S/C28H34F3N3O4/c1-3-4-5-9-12-23(18-35)33-25(36)19(2)32-27(38)24(17-20-10-7-6-8-11-20)34-26(37)21-13-15-22(16-14-21)28(29,30)31/h6-8,10-11,13-16,18-19,23-24H,3-5,9,12,17H2,1-2H3,(H,32,38)(H,33,36)(H,34,37)/t19-,23?,24-/m0/s1. The number of benzene rings is 2. The van der Waals surface area contributed by atoms with Crippen LogP contribution in [0.2, 0.25) is 0 Å². The molecule has 38 heavy (non-hydrogen) atoms. The number of nitrogens with one attached hydrogen (secondary N) is 3. The molecular weight excluding hydrogens is 499 g/mol. The number of hydrogen-bond acceptors (Lipinski definition) is 4. The largest absolute Gasteiger partial charge is 0.416 e. The van der Waals surface area contributed by atoms with Crippen molar-refractivity contribution < 1.29 is 32.3 Å². The van der Waals surface area contributed by atoms with Crippen molar-refractivity contribution in [2.45, 2.75) is 76.7 Å². The Morgan fingerprint density at radius 3 is 2.11 bits per heavy atom. The molecule has 3 N–H and O–H groups in total. The van der Waals surface area contributed by atoms with Gasteiger partial charge in [-0.1, -0.05) is 62.9 Å². The van der Waals surface area contributed by atoms with Gasteiger partial charge in [-0.25, -0.2) is 0 Å². The molecule has 7 nitrogen and oxygen atoms in total. The first-order valence-electron chi connectivity index (χ1n) is 12.6. The highest BCUT2D eigenvalue weighted by atomic mass is 19.4. The SMILES string of the molecule is CCCCCCC(C=O)NC(=O)[C@H](C)NC(=O)[C@H](Cc1ccccc1)NC(=O)c1ccc(C(F)(F)F)cc1. The number of amides is 3. The Labute approximate surface area is 220 Å². The van der Waals surface area contributed by atoms with Crippen LogP contribution in [0.4, 0.5) is 13.2 Å². The number of unbranched alkanes of at least 4 members (excludes halogenated alkanes) is 3. The molecule has 0 saturated heterocycles.